The predicted molar refractivity (Wildman–Crippen MR) is 164 cm³/mol. The lowest BCUT2D eigenvalue weighted by Gasteiger charge is -2.12. The van der Waals surface area contributed by atoms with Gasteiger partial charge in [-0.05, 0) is 91.7 Å². The van der Waals surface area contributed by atoms with E-state index in [1.807, 2.05) is 36.4 Å². The second kappa shape index (κ2) is 9.11. The summed E-state index contributed by atoms with van der Waals surface area (Å²) in [4.78, 5) is 14.0. The van der Waals surface area contributed by atoms with E-state index in [2.05, 4.69) is 101 Å². The number of aromatic nitrogens is 3. The highest BCUT2D eigenvalue weighted by molar-refractivity contribution is 6.18. The number of hydrogen-bond donors (Lipinski definition) is 0. The van der Waals surface area contributed by atoms with Crippen molar-refractivity contribution in [3.8, 4) is 67.3 Å². The third kappa shape index (κ3) is 3.63. The molecule has 3 heteroatoms. The molecular formula is C37H23N3. The van der Waals surface area contributed by atoms with Crippen molar-refractivity contribution in [2.45, 2.75) is 0 Å². The van der Waals surface area contributed by atoms with Crippen LogP contribution in [0.15, 0.2) is 140 Å². The molecule has 3 aromatic heterocycles. The first-order chi connectivity index (χ1) is 19.8. The van der Waals surface area contributed by atoms with Gasteiger partial charge in [-0.25, -0.2) is 4.98 Å². The third-order valence-electron chi connectivity index (χ3n) is 7.76. The summed E-state index contributed by atoms with van der Waals surface area (Å²) in [6.07, 6.45) is 3.60. The summed E-state index contributed by atoms with van der Waals surface area (Å²) in [6.45, 7) is 0. The third-order valence-corrected chi connectivity index (χ3v) is 7.76. The fourth-order valence-electron chi connectivity index (χ4n) is 5.89. The standard InChI is InChI=1S/C37H23N3/c1-2-9-29-28(8-1)31-11-7-10-30-27(18-19-32(29)37(30)31)25-16-14-24(15-17-25)26-22-35(33-12-3-5-20-38-33)40-36(23-26)34-13-4-6-21-39-34/h1-23H. The molecule has 0 saturated heterocycles. The first-order valence-corrected chi connectivity index (χ1v) is 13.4. The van der Waals surface area contributed by atoms with Gasteiger partial charge < -0.3 is 0 Å². The molecule has 8 rings (SSSR count). The van der Waals surface area contributed by atoms with Crippen LogP contribution in [0.1, 0.15) is 0 Å². The highest BCUT2D eigenvalue weighted by atomic mass is 14.8. The normalized spacial score (nSPS) is 11.5. The summed E-state index contributed by atoms with van der Waals surface area (Å²) < 4.78 is 0. The molecule has 3 heterocycles. The second-order valence-electron chi connectivity index (χ2n) is 10.1. The van der Waals surface area contributed by atoms with E-state index in [1.54, 1.807) is 12.4 Å². The van der Waals surface area contributed by atoms with E-state index in [0.717, 1.165) is 33.9 Å². The molecule has 0 unspecified atom stereocenters. The number of fused-ring (bicyclic) bond motifs is 3. The molecule has 7 aromatic rings. The Hall–Kier alpha value is -5.41. The minimum absolute atomic E-state index is 0.829. The van der Waals surface area contributed by atoms with Crippen molar-refractivity contribution in [1.82, 2.24) is 15.0 Å². The highest BCUT2D eigenvalue weighted by Gasteiger charge is 2.22. The Bertz CT molecular complexity index is 1940. The van der Waals surface area contributed by atoms with Crippen LogP contribution in [0.2, 0.25) is 0 Å². The van der Waals surface area contributed by atoms with E-state index in [9.17, 15) is 0 Å². The van der Waals surface area contributed by atoms with Gasteiger partial charge in [0.15, 0.2) is 0 Å². The van der Waals surface area contributed by atoms with Crippen molar-refractivity contribution in [3.63, 3.8) is 0 Å². The number of benzene rings is 4. The van der Waals surface area contributed by atoms with Gasteiger partial charge in [-0.1, -0.05) is 91.0 Å². The van der Waals surface area contributed by atoms with Crippen LogP contribution in [-0.2, 0) is 0 Å². The maximum atomic E-state index is 4.91. The number of rotatable bonds is 4. The van der Waals surface area contributed by atoms with Crippen molar-refractivity contribution in [2.75, 3.05) is 0 Å². The van der Waals surface area contributed by atoms with Crippen LogP contribution in [-0.4, -0.2) is 15.0 Å². The van der Waals surface area contributed by atoms with Gasteiger partial charge in [0.05, 0.1) is 22.8 Å². The minimum atomic E-state index is 0.829. The Morgan fingerprint density at radius 1 is 0.350 bits per heavy atom. The lowest BCUT2D eigenvalue weighted by atomic mass is 9.93. The Balaban J connectivity index is 1.23. The van der Waals surface area contributed by atoms with E-state index in [0.29, 0.717) is 0 Å². The van der Waals surface area contributed by atoms with Gasteiger partial charge in [0, 0.05) is 12.4 Å². The van der Waals surface area contributed by atoms with E-state index < -0.39 is 0 Å². The van der Waals surface area contributed by atoms with Crippen molar-refractivity contribution in [2.24, 2.45) is 0 Å². The Kier molecular flexibility index (Phi) is 5.14. The lowest BCUT2D eigenvalue weighted by Crippen LogP contribution is -1.94. The Labute approximate surface area is 232 Å². The summed E-state index contributed by atoms with van der Waals surface area (Å²) in [5, 5.41) is 2.64. The molecule has 0 fully saturated rings. The zero-order valence-electron chi connectivity index (χ0n) is 21.6. The Morgan fingerprint density at radius 2 is 0.900 bits per heavy atom. The molecule has 3 nitrogen and oxygen atoms in total. The topological polar surface area (TPSA) is 38.7 Å². The lowest BCUT2D eigenvalue weighted by molar-refractivity contribution is 1.22. The van der Waals surface area contributed by atoms with Crippen LogP contribution in [0.25, 0.3) is 78.1 Å². The van der Waals surface area contributed by atoms with E-state index in [-0.39, 0.29) is 0 Å². The van der Waals surface area contributed by atoms with Gasteiger partial charge in [-0.2, -0.15) is 0 Å². The van der Waals surface area contributed by atoms with E-state index in [4.69, 9.17) is 4.98 Å². The van der Waals surface area contributed by atoms with Crippen LogP contribution in [0.3, 0.4) is 0 Å². The maximum Gasteiger partial charge on any atom is 0.0900 e. The van der Waals surface area contributed by atoms with Crippen molar-refractivity contribution >= 4 is 10.8 Å². The average Bonchev–Trinajstić information content (AvgIpc) is 3.37. The first-order valence-electron chi connectivity index (χ1n) is 13.4. The number of pyridine rings is 3. The summed E-state index contributed by atoms with van der Waals surface area (Å²) in [6, 6.07) is 44.8. The van der Waals surface area contributed by atoms with Gasteiger partial charge in [-0.3, -0.25) is 9.97 Å². The fraction of sp³-hybridized carbons (Fsp3) is 0. The molecule has 0 bridgehead atoms. The van der Waals surface area contributed by atoms with E-state index >= 15 is 0 Å². The second-order valence-corrected chi connectivity index (χ2v) is 10.1. The van der Waals surface area contributed by atoms with Crippen LogP contribution >= 0.6 is 0 Å². The SMILES string of the molecule is c1ccc(-c2cc(-c3ccc(-c4ccc5c6c(cccc46)-c4ccccc4-5)cc3)cc(-c3ccccn3)n2)nc1. The zero-order valence-corrected chi connectivity index (χ0v) is 21.6. The quantitative estimate of drug-likeness (QED) is 0.237. The molecule has 1 aliphatic rings. The van der Waals surface area contributed by atoms with Crippen LogP contribution in [0, 0.1) is 0 Å². The Morgan fingerprint density at radius 3 is 1.52 bits per heavy atom. The largest absolute Gasteiger partial charge is 0.255 e. The van der Waals surface area contributed by atoms with Gasteiger partial charge in [0.25, 0.3) is 0 Å². The molecule has 0 atom stereocenters. The minimum Gasteiger partial charge on any atom is -0.255 e. The fourth-order valence-corrected chi connectivity index (χ4v) is 5.89. The van der Waals surface area contributed by atoms with Gasteiger partial charge >= 0.3 is 0 Å². The van der Waals surface area contributed by atoms with Crippen LogP contribution in [0.4, 0.5) is 0 Å². The summed E-state index contributed by atoms with van der Waals surface area (Å²) in [5.41, 5.74) is 13.3. The monoisotopic (exact) mass is 509 g/mol. The summed E-state index contributed by atoms with van der Waals surface area (Å²) in [7, 11) is 0. The number of hydrogen-bond acceptors (Lipinski definition) is 3. The first kappa shape index (κ1) is 22.6. The maximum absolute atomic E-state index is 4.91. The van der Waals surface area contributed by atoms with Crippen molar-refractivity contribution in [3.05, 3.63) is 140 Å². The molecule has 0 amide bonds. The average molecular weight is 510 g/mol. The molecule has 186 valence electrons. The van der Waals surface area contributed by atoms with Crippen LogP contribution in [0.5, 0.6) is 0 Å². The molecule has 1 aliphatic carbocycles. The molecule has 40 heavy (non-hydrogen) atoms. The predicted octanol–water partition coefficient (Wildman–Crippen LogP) is 9.34. The molecule has 0 radical (unpaired) electrons. The van der Waals surface area contributed by atoms with Crippen molar-refractivity contribution in [1.29, 1.82) is 0 Å². The molecular weight excluding hydrogens is 486 g/mol. The zero-order chi connectivity index (χ0) is 26.5. The van der Waals surface area contributed by atoms with Crippen molar-refractivity contribution < 1.29 is 0 Å². The highest BCUT2D eigenvalue weighted by Crippen LogP contribution is 2.49. The molecule has 0 aliphatic heterocycles. The van der Waals surface area contributed by atoms with Gasteiger partial charge in [-0.15, -0.1) is 0 Å². The van der Waals surface area contributed by atoms with Gasteiger partial charge in [0.1, 0.15) is 0 Å². The molecule has 4 aromatic carbocycles. The van der Waals surface area contributed by atoms with Crippen LogP contribution < -0.4 is 0 Å². The summed E-state index contributed by atoms with van der Waals surface area (Å²) in [5.74, 6) is 0. The molecule has 0 saturated carbocycles. The van der Waals surface area contributed by atoms with E-state index in [1.165, 1.54) is 44.2 Å². The smallest absolute Gasteiger partial charge is 0.0900 e. The summed E-state index contributed by atoms with van der Waals surface area (Å²) >= 11 is 0. The molecule has 0 spiro atoms. The number of nitrogens with zero attached hydrogens (tertiary/aromatic N) is 3. The molecule has 0 N–H and O–H groups in total. The van der Waals surface area contributed by atoms with Gasteiger partial charge in [0.2, 0.25) is 0 Å².